The largest absolute Gasteiger partial charge is 0.454 e. The van der Waals surface area contributed by atoms with Crippen molar-refractivity contribution in [3.05, 3.63) is 35.5 Å². The molecule has 7 nitrogen and oxygen atoms in total. The Morgan fingerprint density at radius 3 is 2.85 bits per heavy atom. The van der Waals surface area contributed by atoms with E-state index in [1.807, 2.05) is 6.92 Å². The standard InChI is InChI=1S/C13H13N3O4/c1-2-11-15-16-12(20-11)6-14-13(17)8-3-4-9-10(5-8)19-7-18-9/h3-5H,2,6-7H2,1H3,(H,14,17). The number of carbonyl (C=O) groups is 1. The van der Waals surface area contributed by atoms with Crippen LogP contribution in [0, 0.1) is 0 Å². The van der Waals surface area contributed by atoms with E-state index in [1.165, 1.54) is 0 Å². The van der Waals surface area contributed by atoms with E-state index in [0.717, 1.165) is 0 Å². The molecule has 1 aromatic heterocycles. The molecule has 0 fully saturated rings. The number of nitrogens with zero attached hydrogens (tertiary/aromatic N) is 2. The molecule has 0 saturated heterocycles. The summed E-state index contributed by atoms with van der Waals surface area (Å²) >= 11 is 0. The predicted molar refractivity (Wildman–Crippen MR) is 67.4 cm³/mol. The summed E-state index contributed by atoms with van der Waals surface area (Å²) in [5.74, 6) is 1.92. The zero-order valence-corrected chi connectivity index (χ0v) is 10.9. The highest BCUT2D eigenvalue weighted by atomic mass is 16.7. The summed E-state index contributed by atoms with van der Waals surface area (Å²) in [6, 6.07) is 5.02. The van der Waals surface area contributed by atoms with Gasteiger partial charge in [0.1, 0.15) is 0 Å². The Morgan fingerprint density at radius 2 is 2.05 bits per heavy atom. The number of fused-ring (bicyclic) bond motifs is 1. The molecule has 0 atom stereocenters. The lowest BCUT2D eigenvalue weighted by atomic mass is 10.2. The average Bonchev–Trinajstić information content (AvgIpc) is 3.12. The first kappa shape index (κ1) is 12.5. The molecule has 1 aliphatic heterocycles. The fraction of sp³-hybridized carbons (Fsp3) is 0.308. The number of nitrogens with one attached hydrogen (secondary N) is 1. The maximum atomic E-state index is 12.0. The van der Waals surface area contributed by atoms with Crippen LogP contribution in [0.1, 0.15) is 29.1 Å². The van der Waals surface area contributed by atoms with Crippen molar-refractivity contribution in [2.45, 2.75) is 19.9 Å². The second kappa shape index (κ2) is 5.20. The van der Waals surface area contributed by atoms with Gasteiger partial charge in [-0.1, -0.05) is 6.92 Å². The van der Waals surface area contributed by atoms with E-state index in [2.05, 4.69) is 15.5 Å². The van der Waals surface area contributed by atoms with Gasteiger partial charge in [-0.05, 0) is 18.2 Å². The van der Waals surface area contributed by atoms with Crippen LogP contribution in [0.4, 0.5) is 0 Å². The van der Waals surface area contributed by atoms with Gasteiger partial charge in [-0.25, -0.2) is 0 Å². The molecule has 0 bridgehead atoms. The summed E-state index contributed by atoms with van der Waals surface area (Å²) in [6.07, 6.45) is 0.670. The van der Waals surface area contributed by atoms with Gasteiger partial charge in [0.25, 0.3) is 5.91 Å². The Hall–Kier alpha value is -2.57. The first-order valence-corrected chi connectivity index (χ1v) is 6.25. The minimum atomic E-state index is -0.237. The van der Waals surface area contributed by atoms with Crippen LogP contribution in [0.5, 0.6) is 11.5 Å². The summed E-state index contributed by atoms with van der Waals surface area (Å²) in [5.41, 5.74) is 0.490. The Labute approximate surface area is 114 Å². The molecule has 2 heterocycles. The van der Waals surface area contributed by atoms with Crippen molar-refractivity contribution < 1.29 is 18.7 Å². The van der Waals surface area contributed by atoms with Gasteiger partial charge in [0.2, 0.25) is 18.6 Å². The normalized spacial score (nSPS) is 12.4. The molecule has 1 aromatic carbocycles. The molecule has 104 valence electrons. The Kier molecular flexibility index (Phi) is 3.24. The third kappa shape index (κ3) is 2.42. The summed E-state index contributed by atoms with van der Waals surface area (Å²) in [4.78, 5) is 12.0. The van der Waals surface area contributed by atoms with Gasteiger partial charge in [0, 0.05) is 12.0 Å². The van der Waals surface area contributed by atoms with Crippen molar-refractivity contribution in [3.63, 3.8) is 0 Å². The minimum Gasteiger partial charge on any atom is -0.454 e. The SMILES string of the molecule is CCc1nnc(CNC(=O)c2ccc3c(c2)OCO3)o1. The van der Waals surface area contributed by atoms with Gasteiger partial charge >= 0.3 is 0 Å². The summed E-state index contributed by atoms with van der Waals surface area (Å²) in [5, 5.41) is 10.4. The van der Waals surface area contributed by atoms with Crippen molar-refractivity contribution in [3.8, 4) is 11.5 Å². The molecule has 0 radical (unpaired) electrons. The molecule has 0 spiro atoms. The smallest absolute Gasteiger partial charge is 0.251 e. The van der Waals surface area contributed by atoms with E-state index in [0.29, 0.717) is 35.3 Å². The average molecular weight is 275 g/mol. The summed E-state index contributed by atoms with van der Waals surface area (Å²) in [6.45, 7) is 2.30. The van der Waals surface area contributed by atoms with Gasteiger partial charge < -0.3 is 19.2 Å². The minimum absolute atomic E-state index is 0.183. The first-order valence-electron chi connectivity index (χ1n) is 6.25. The predicted octanol–water partition coefficient (Wildman–Crippen LogP) is 1.29. The van der Waals surface area contributed by atoms with Crippen molar-refractivity contribution in [2.75, 3.05) is 6.79 Å². The molecule has 0 aliphatic carbocycles. The molecule has 3 rings (SSSR count). The van der Waals surface area contributed by atoms with Crippen molar-refractivity contribution in [2.24, 2.45) is 0 Å². The molecular weight excluding hydrogens is 262 g/mol. The van der Waals surface area contributed by atoms with Gasteiger partial charge in [-0.3, -0.25) is 4.79 Å². The molecule has 20 heavy (non-hydrogen) atoms. The fourth-order valence-electron chi connectivity index (χ4n) is 1.80. The molecule has 1 N–H and O–H groups in total. The van der Waals surface area contributed by atoms with Crippen LogP contribution in [-0.4, -0.2) is 22.9 Å². The quantitative estimate of drug-likeness (QED) is 0.904. The number of hydrogen-bond acceptors (Lipinski definition) is 6. The maximum absolute atomic E-state index is 12.0. The second-order valence-electron chi connectivity index (χ2n) is 4.19. The number of ether oxygens (including phenoxy) is 2. The van der Waals surface area contributed by atoms with Crippen molar-refractivity contribution >= 4 is 5.91 Å². The van der Waals surface area contributed by atoms with Gasteiger partial charge in [0.05, 0.1) is 6.54 Å². The highest BCUT2D eigenvalue weighted by molar-refractivity contribution is 5.94. The topological polar surface area (TPSA) is 86.5 Å². The third-order valence-corrected chi connectivity index (χ3v) is 2.85. The highest BCUT2D eigenvalue weighted by Gasteiger charge is 2.16. The van der Waals surface area contributed by atoms with Crippen LogP contribution in [0.3, 0.4) is 0 Å². The molecule has 0 saturated carbocycles. The third-order valence-electron chi connectivity index (χ3n) is 2.85. The van der Waals surface area contributed by atoms with E-state index in [9.17, 15) is 4.79 Å². The Bertz CT molecular complexity index is 638. The molecule has 2 aromatic rings. The van der Waals surface area contributed by atoms with E-state index >= 15 is 0 Å². The maximum Gasteiger partial charge on any atom is 0.251 e. The highest BCUT2D eigenvalue weighted by Crippen LogP contribution is 2.32. The van der Waals surface area contributed by atoms with Gasteiger partial charge in [-0.15, -0.1) is 10.2 Å². The molecule has 1 aliphatic rings. The monoisotopic (exact) mass is 275 g/mol. The van der Waals surface area contributed by atoms with Crippen molar-refractivity contribution in [1.82, 2.24) is 15.5 Å². The number of carbonyl (C=O) groups excluding carboxylic acids is 1. The van der Waals surface area contributed by atoms with E-state index in [-0.39, 0.29) is 19.2 Å². The lowest BCUT2D eigenvalue weighted by Crippen LogP contribution is -2.22. The number of aromatic nitrogens is 2. The number of rotatable bonds is 4. The number of aryl methyl sites for hydroxylation is 1. The van der Waals surface area contributed by atoms with E-state index in [1.54, 1.807) is 18.2 Å². The first-order chi connectivity index (χ1) is 9.76. The zero-order valence-electron chi connectivity index (χ0n) is 10.9. The summed E-state index contributed by atoms with van der Waals surface area (Å²) in [7, 11) is 0. The van der Waals surface area contributed by atoms with Gasteiger partial charge in [0.15, 0.2) is 11.5 Å². The Morgan fingerprint density at radius 1 is 1.25 bits per heavy atom. The van der Waals surface area contributed by atoms with Crippen LogP contribution >= 0.6 is 0 Å². The number of benzene rings is 1. The Balaban J connectivity index is 1.64. The zero-order chi connectivity index (χ0) is 13.9. The van der Waals surface area contributed by atoms with E-state index in [4.69, 9.17) is 13.9 Å². The van der Waals surface area contributed by atoms with Crippen LogP contribution in [0.25, 0.3) is 0 Å². The lowest BCUT2D eigenvalue weighted by Gasteiger charge is -2.03. The molecule has 7 heteroatoms. The molecule has 0 unspecified atom stereocenters. The number of amides is 1. The van der Waals surface area contributed by atoms with Crippen LogP contribution in [0.15, 0.2) is 22.6 Å². The fourth-order valence-corrected chi connectivity index (χ4v) is 1.80. The van der Waals surface area contributed by atoms with Crippen molar-refractivity contribution in [1.29, 1.82) is 0 Å². The second-order valence-corrected chi connectivity index (χ2v) is 4.19. The van der Waals surface area contributed by atoms with Crippen LogP contribution in [-0.2, 0) is 13.0 Å². The summed E-state index contributed by atoms with van der Waals surface area (Å²) < 4.78 is 15.7. The van der Waals surface area contributed by atoms with Gasteiger partial charge in [-0.2, -0.15) is 0 Å². The number of hydrogen-bond donors (Lipinski definition) is 1. The molecule has 1 amide bonds. The van der Waals surface area contributed by atoms with Crippen LogP contribution < -0.4 is 14.8 Å². The van der Waals surface area contributed by atoms with E-state index < -0.39 is 0 Å². The van der Waals surface area contributed by atoms with Crippen LogP contribution in [0.2, 0.25) is 0 Å². The lowest BCUT2D eigenvalue weighted by molar-refractivity contribution is 0.0946. The molecular formula is C13H13N3O4.